The molecule has 2 aromatic rings. The average Bonchev–Trinajstić information content (AvgIpc) is 2.97. The molecular formula is C17H14F3N3OS. The highest BCUT2D eigenvalue weighted by atomic mass is 32.1. The highest BCUT2D eigenvalue weighted by Gasteiger charge is 2.30. The fourth-order valence-corrected chi connectivity index (χ4v) is 2.99. The van der Waals surface area contributed by atoms with Crippen molar-refractivity contribution in [1.82, 2.24) is 15.2 Å². The number of thiocarbonyl (C=S) groups is 1. The van der Waals surface area contributed by atoms with Crippen LogP contribution >= 0.6 is 12.2 Å². The maximum Gasteiger partial charge on any atom is 0.416 e. The Bertz CT molecular complexity index is 912. The Morgan fingerprint density at radius 2 is 1.88 bits per heavy atom. The van der Waals surface area contributed by atoms with Gasteiger partial charge in [-0.1, -0.05) is 6.07 Å². The lowest BCUT2D eigenvalue weighted by atomic mass is 10.2. The molecule has 1 amide bonds. The van der Waals surface area contributed by atoms with Gasteiger partial charge in [-0.2, -0.15) is 13.2 Å². The number of carbonyl (C=O) groups is 1. The van der Waals surface area contributed by atoms with Crippen molar-refractivity contribution in [1.29, 1.82) is 0 Å². The lowest BCUT2D eigenvalue weighted by Crippen LogP contribution is -2.21. The number of rotatable bonds is 2. The summed E-state index contributed by atoms with van der Waals surface area (Å²) in [6.45, 7) is 3.58. The van der Waals surface area contributed by atoms with E-state index in [0.29, 0.717) is 11.4 Å². The third-order valence-corrected chi connectivity index (χ3v) is 4.13. The Balaban J connectivity index is 2.06. The van der Waals surface area contributed by atoms with Crippen LogP contribution in [0.15, 0.2) is 36.0 Å². The van der Waals surface area contributed by atoms with Crippen LogP contribution in [0.25, 0.3) is 11.8 Å². The summed E-state index contributed by atoms with van der Waals surface area (Å²) in [6.07, 6.45) is -2.78. The van der Waals surface area contributed by atoms with E-state index in [0.717, 1.165) is 29.1 Å². The summed E-state index contributed by atoms with van der Waals surface area (Å²) in [7, 11) is 0. The number of aromatic nitrogens is 1. The van der Waals surface area contributed by atoms with E-state index < -0.39 is 11.7 Å². The zero-order valence-corrected chi connectivity index (χ0v) is 14.2. The molecule has 0 bridgehead atoms. The predicted molar refractivity (Wildman–Crippen MR) is 92.1 cm³/mol. The highest BCUT2D eigenvalue weighted by Crippen LogP contribution is 2.31. The molecule has 1 aromatic carbocycles. The second-order valence-corrected chi connectivity index (χ2v) is 6.08. The quantitative estimate of drug-likeness (QED) is 0.633. The number of hydrogen-bond acceptors (Lipinski definition) is 2. The fraction of sp³-hybridized carbons (Fsp3) is 0.176. The van der Waals surface area contributed by atoms with Crippen molar-refractivity contribution < 1.29 is 18.0 Å². The molecule has 1 fully saturated rings. The van der Waals surface area contributed by atoms with E-state index >= 15 is 0 Å². The summed E-state index contributed by atoms with van der Waals surface area (Å²) in [4.78, 5) is 11.8. The van der Waals surface area contributed by atoms with Crippen LogP contribution < -0.4 is 10.6 Å². The summed E-state index contributed by atoms with van der Waals surface area (Å²) in [5.74, 6) is -0.339. The first-order valence-corrected chi connectivity index (χ1v) is 7.78. The fourth-order valence-electron chi connectivity index (χ4n) is 2.79. The molecular weight excluding hydrogens is 351 g/mol. The van der Waals surface area contributed by atoms with Crippen LogP contribution in [0.3, 0.4) is 0 Å². The number of alkyl halides is 3. The minimum absolute atomic E-state index is 0.225. The molecule has 1 aliphatic heterocycles. The predicted octanol–water partition coefficient (Wildman–Crippen LogP) is 3.46. The Hall–Kier alpha value is -2.61. The molecule has 25 heavy (non-hydrogen) atoms. The van der Waals surface area contributed by atoms with Gasteiger partial charge in [-0.05, 0) is 62.0 Å². The number of amides is 1. The molecule has 0 radical (unpaired) electrons. The van der Waals surface area contributed by atoms with Gasteiger partial charge in [-0.15, -0.1) is 0 Å². The van der Waals surface area contributed by atoms with E-state index in [1.54, 1.807) is 36.6 Å². The molecule has 2 N–H and O–H groups in total. The number of nitrogens with one attached hydrogen (secondary N) is 2. The minimum Gasteiger partial charge on any atom is -0.328 e. The Kier molecular flexibility index (Phi) is 4.16. The molecule has 130 valence electrons. The molecule has 1 saturated heterocycles. The standard InChI is InChI=1S/C17H14F3N3OS/c1-9-6-11(7-14-15(24)22-16(25)21-14)10(2)23(9)13-5-3-4-12(8-13)17(18,19)20/h3-8H,1-2H3,(H2,21,22,24,25). The first kappa shape index (κ1) is 17.2. The SMILES string of the molecule is Cc1cc(C=C2NC(=S)NC2=O)c(C)n1-c1cccc(C(F)(F)F)c1. The molecule has 3 rings (SSSR count). The van der Waals surface area contributed by atoms with Crippen LogP contribution in [0.1, 0.15) is 22.5 Å². The minimum atomic E-state index is -4.41. The van der Waals surface area contributed by atoms with Gasteiger partial charge < -0.3 is 9.88 Å². The normalized spacial score (nSPS) is 16.3. The van der Waals surface area contributed by atoms with Crippen molar-refractivity contribution in [2.45, 2.75) is 20.0 Å². The molecule has 0 spiro atoms. The van der Waals surface area contributed by atoms with E-state index in [9.17, 15) is 18.0 Å². The third-order valence-electron chi connectivity index (χ3n) is 3.92. The Morgan fingerprint density at radius 1 is 1.16 bits per heavy atom. The van der Waals surface area contributed by atoms with Crippen LogP contribution in [-0.2, 0) is 11.0 Å². The van der Waals surface area contributed by atoms with Gasteiger partial charge in [-0.3, -0.25) is 10.1 Å². The summed E-state index contributed by atoms with van der Waals surface area (Å²) >= 11 is 4.88. The molecule has 4 nitrogen and oxygen atoms in total. The summed E-state index contributed by atoms with van der Waals surface area (Å²) < 4.78 is 40.6. The number of nitrogens with zero attached hydrogens (tertiary/aromatic N) is 1. The monoisotopic (exact) mass is 365 g/mol. The van der Waals surface area contributed by atoms with Gasteiger partial charge in [-0.25, -0.2) is 0 Å². The van der Waals surface area contributed by atoms with E-state index in [-0.39, 0.29) is 11.0 Å². The van der Waals surface area contributed by atoms with Crippen molar-refractivity contribution >= 4 is 29.3 Å². The smallest absolute Gasteiger partial charge is 0.328 e. The van der Waals surface area contributed by atoms with Gasteiger partial charge in [0.25, 0.3) is 5.91 Å². The number of benzene rings is 1. The molecule has 2 heterocycles. The molecule has 0 unspecified atom stereocenters. The van der Waals surface area contributed by atoms with Crippen LogP contribution in [0, 0.1) is 13.8 Å². The second kappa shape index (κ2) is 6.03. The van der Waals surface area contributed by atoms with Crippen LogP contribution in [0.2, 0.25) is 0 Å². The van der Waals surface area contributed by atoms with Crippen LogP contribution in [-0.4, -0.2) is 15.6 Å². The number of carbonyl (C=O) groups excluding carboxylic acids is 1. The molecule has 0 aliphatic carbocycles. The summed E-state index contributed by atoms with van der Waals surface area (Å²) in [6, 6.07) is 6.93. The zero-order valence-electron chi connectivity index (χ0n) is 13.4. The second-order valence-electron chi connectivity index (χ2n) is 5.68. The lowest BCUT2D eigenvalue weighted by Gasteiger charge is -2.13. The maximum atomic E-state index is 13.0. The maximum absolute atomic E-state index is 13.0. The van der Waals surface area contributed by atoms with Gasteiger partial charge in [0.1, 0.15) is 5.70 Å². The van der Waals surface area contributed by atoms with Crippen LogP contribution in [0.5, 0.6) is 0 Å². The van der Waals surface area contributed by atoms with Crippen molar-refractivity contribution in [3.63, 3.8) is 0 Å². The van der Waals surface area contributed by atoms with Gasteiger partial charge in [0.15, 0.2) is 5.11 Å². The van der Waals surface area contributed by atoms with Crippen LogP contribution in [0.4, 0.5) is 13.2 Å². The van der Waals surface area contributed by atoms with E-state index in [1.807, 2.05) is 0 Å². The lowest BCUT2D eigenvalue weighted by molar-refractivity contribution is -0.137. The topological polar surface area (TPSA) is 46.1 Å². The van der Waals surface area contributed by atoms with E-state index in [1.165, 1.54) is 6.07 Å². The molecule has 8 heteroatoms. The first-order chi connectivity index (χ1) is 11.7. The molecule has 1 aromatic heterocycles. The molecule has 1 aliphatic rings. The third kappa shape index (κ3) is 3.30. The Morgan fingerprint density at radius 3 is 2.48 bits per heavy atom. The van der Waals surface area contributed by atoms with Crippen molar-refractivity contribution in [3.8, 4) is 5.69 Å². The largest absolute Gasteiger partial charge is 0.416 e. The summed E-state index contributed by atoms with van der Waals surface area (Å²) in [5, 5.41) is 5.44. The van der Waals surface area contributed by atoms with E-state index in [4.69, 9.17) is 12.2 Å². The van der Waals surface area contributed by atoms with Gasteiger partial charge >= 0.3 is 6.18 Å². The highest BCUT2D eigenvalue weighted by molar-refractivity contribution is 7.80. The molecule has 0 saturated carbocycles. The average molecular weight is 365 g/mol. The van der Waals surface area contributed by atoms with Gasteiger partial charge in [0, 0.05) is 17.1 Å². The summed E-state index contributed by atoms with van der Waals surface area (Å²) in [5.41, 5.74) is 2.20. The zero-order chi connectivity index (χ0) is 18.4. The van der Waals surface area contributed by atoms with Crippen molar-refractivity contribution in [2.24, 2.45) is 0 Å². The van der Waals surface area contributed by atoms with Crippen molar-refractivity contribution in [2.75, 3.05) is 0 Å². The molecule has 0 atom stereocenters. The van der Waals surface area contributed by atoms with Crippen molar-refractivity contribution in [3.05, 3.63) is 58.5 Å². The number of halogens is 3. The first-order valence-electron chi connectivity index (χ1n) is 7.37. The number of hydrogen-bond donors (Lipinski definition) is 2. The Labute approximate surface area is 147 Å². The van der Waals surface area contributed by atoms with Gasteiger partial charge in [0.05, 0.1) is 5.56 Å². The van der Waals surface area contributed by atoms with Gasteiger partial charge in [0.2, 0.25) is 0 Å². The van der Waals surface area contributed by atoms with E-state index in [2.05, 4.69) is 10.6 Å². The number of aryl methyl sites for hydroxylation is 1.